The summed E-state index contributed by atoms with van der Waals surface area (Å²) in [5.74, 6) is 0.854. The van der Waals surface area contributed by atoms with Gasteiger partial charge in [-0.25, -0.2) is 4.39 Å². The molecule has 1 aliphatic heterocycles. The van der Waals surface area contributed by atoms with Gasteiger partial charge in [-0.15, -0.1) is 0 Å². The van der Waals surface area contributed by atoms with E-state index in [0.717, 1.165) is 16.9 Å². The Morgan fingerprint density at radius 3 is 2.36 bits per heavy atom. The number of aryl methyl sites for hydroxylation is 1. The highest BCUT2D eigenvalue weighted by molar-refractivity contribution is 5.81. The number of hydrogen-bond donors (Lipinski definition) is 0. The molecule has 0 spiro atoms. The predicted molar refractivity (Wildman–Crippen MR) is 111 cm³/mol. The molecule has 0 N–H and O–H groups in total. The number of para-hydroxylation sites is 1. The third kappa shape index (κ3) is 4.46. The minimum atomic E-state index is -0.556. The van der Waals surface area contributed by atoms with Gasteiger partial charge < -0.3 is 14.5 Å². The van der Waals surface area contributed by atoms with Crippen LogP contribution in [0.2, 0.25) is 0 Å². The van der Waals surface area contributed by atoms with Crippen molar-refractivity contribution in [2.24, 2.45) is 0 Å². The standard InChI is InChI=1S/C23H29FN2O2/c1-16(2)19-10-9-17(3)15-22(19)28-18(4)23(27)26-13-11-25(12-14-26)21-8-6-5-7-20(21)24/h5-10,15-16,18H,11-14H2,1-4H3. The zero-order valence-corrected chi connectivity index (χ0v) is 17.1. The van der Waals surface area contributed by atoms with E-state index in [2.05, 4.69) is 26.0 Å². The quantitative estimate of drug-likeness (QED) is 0.767. The Bertz CT molecular complexity index is 829. The fourth-order valence-corrected chi connectivity index (χ4v) is 3.59. The average Bonchev–Trinajstić information content (AvgIpc) is 2.68. The molecule has 150 valence electrons. The van der Waals surface area contributed by atoms with Crippen LogP contribution in [0.1, 0.15) is 37.8 Å². The molecule has 0 bridgehead atoms. The minimum absolute atomic E-state index is 0.0237. The molecule has 3 rings (SSSR count). The van der Waals surface area contributed by atoms with E-state index >= 15 is 0 Å². The average molecular weight is 384 g/mol. The molecule has 28 heavy (non-hydrogen) atoms. The Morgan fingerprint density at radius 1 is 1.04 bits per heavy atom. The lowest BCUT2D eigenvalue weighted by molar-refractivity contribution is -0.138. The molecule has 0 radical (unpaired) electrons. The number of amides is 1. The van der Waals surface area contributed by atoms with Gasteiger partial charge in [-0.1, -0.05) is 38.1 Å². The number of carbonyl (C=O) groups is 1. The molecular weight excluding hydrogens is 355 g/mol. The molecule has 2 aromatic carbocycles. The summed E-state index contributed by atoms with van der Waals surface area (Å²) in [6.07, 6.45) is -0.556. The van der Waals surface area contributed by atoms with Gasteiger partial charge in [0.15, 0.2) is 6.10 Å². The molecule has 2 aromatic rings. The van der Waals surface area contributed by atoms with Gasteiger partial charge in [0.05, 0.1) is 5.69 Å². The molecule has 5 heteroatoms. The maximum absolute atomic E-state index is 14.0. The summed E-state index contributed by atoms with van der Waals surface area (Å²) < 4.78 is 20.1. The van der Waals surface area contributed by atoms with Gasteiger partial charge in [-0.2, -0.15) is 0 Å². The zero-order valence-electron chi connectivity index (χ0n) is 17.1. The summed E-state index contributed by atoms with van der Waals surface area (Å²) in [5, 5.41) is 0. The summed E-state index contributed by atoms with van der Waals surface area (Å²) in [6, 6.07) is 12.9. The molecule has 1 fully saturated rings. The van der Waals surface area contributed by atoms with Crippen LogP contribution in [0, 0.1) is 12.7 Å². The Labute approximate surface area is 166 Å². The largest absolute Gasteiger partial charge is 0.481 e. The van der Waals surface area contributed by atoms with Crippen molar-refractivity contribution in [3.05, 3.63) is 59.4 Å². The maximum atomic E-state index is 14.0. The summed E-state index contributed by atoms with van der Waals surface area (Å²) in [6.45, 7) is 10.4. The molecule has 1 amide bonds. The number of benzene rings is 2. The highest BCUT2D eigenvalue weighted by atomic mass is 19.1. The molecule has 4 nitrogen and oxygen atoms in total. The van der Waals surface area contributed by atoms with E-state index in [1.165, 1.54) is 6.07 Å². The Kier molecular flexibility index (Phi) is 6.22. The third-order valence-electron chi connectivity index (χ3n) is 5.23. The molecule has 1 atom stereocenters. The molecule has 1 heterocycles. The number of piperazine rings is 1. The SMILES string of the molecule is Cc1ccc(C(C)C)c(OC(C)C(=O)N2CCN(c3ccccc3F)CC2)c1. The third-order valence-corrected chi connectivity index (χ3v) is 5.23. The normalized spacial score (nSPS) is 15.6. The van der Waals surface area contributed by atoms with Crippen LogP contribution < -0.4 is 9.64 Å². The van der Waals surface area contributed by atoms with Crippen LogP contribution in [0.4, 0.5) is 10.1 Å². The zero-order chi connectivity index (χ0) is 20.3. The second-order valence-electron chi connectivity index (χ2n) is 7.72. The fourth-order valence-electron chi connectivity index (χ4n) is 3.59. The van der Waals surface area contributed by atoms with Crippen molar-refractivity contribution in [2.75, 3.05) is 31.1 Å². The Morgan fingerprint density at radius 2 is 1.71 bits per heavy atom. The lowest BCUT2D eigenvalue weighted by atomic mass is 10.0. The fraction of sp³-hybridized carbons (Fsp3) is 0.435. The van der Waals surface area contributed by atoms with Gasteiger partial charge in [0.1, 0.15) is 11.6 Å². The van der Waals surface area contributed by atoms with Gasteiger partial charge >= 0.3 is 0 Å². The van der Waals surface area contributed by atoms with E-state index in [1.807, 2.05) is 28.9 Å². The van der Waals surface area contributed by atoms with Crippen LogP contribution in [0.25, 0.3) is 0 Å². The molecule has 0 saturated carbocycles. The van der Waals surface area contributed by atoms with Crippen LogP contribution in [0.15, 0.2) is 42.5 Å². The van der Waals surface area contributed by atoms with Crippen molar-refractivity contribution in [1.82, 2.24) is 4.90 Å². The number of hydrogen-bond acceptors (Lipinski definition) is 3. The number of nitrogens with zero attached hydrogens (tertiary/aromatic N) is 2. The van der Waals surface area contributed by atoms with Crippen molar-refractivity contribution >= 4 is 11.6 Å². The molecule has 1 saturated heterocycles. The summed E-state index contributed by atoms with van der Waals surface area (Å²) >= 11 is 0. The lowest BCUT2D eigenvalue weighted by Gasteiger charge is -2.37. The molecule has 1 unspecified atom stereocenters. The summed E-state index contributed by atoms with van der Waals surface area (Å²) in [5.41, 5.74) is 2.81. The smallest absolute Gasteiger partial charge is 0.263 e. The van der Waals surface area contributed by atoms with Gasteiger partial charge in [-0.05, 0) is 49.1 Å². The summed E-state index contributed by atoms with van der Waals surface area (Å²) in [4.78, 5) is 16.7. The van der Waals surface area contributed by atoms with Crippen LogP contribution >= 0.6 is 0 Å². The monoisotopic (exact) mass is 384 g/mol. The van der Waals surface area contributed by atoms with Crippen LogP contribution in [0.5, 0.6) is 5.75 Å². The van der Waals surface area contributed by atoms with Crippen molar-refractivity contribution in [3.63, 3.8) is 0 Å². The van der Waals surface area contributed by atoms with E-state index in [0.29, 0.717) is 37.8 Å². The van der Waals surface area contributed by atoms with E-state index in [9.17, 15) is 9.18 Å². The number of ether oxygens (including phenoxy) is 1. The van der Waals surface area contributed by atoms with Crippen LogP contribution in [-0.4, -0.2) is 43.1 Å². The van der Waals surface area contributed by atoms with E-state index in [1.54, 1.807) is 19.1 Å². The first kappa shape index (κ1) is 20.2. The van der Waals surface area contributed by atoms with Gasteiger partial charge in [0, 0.05) is 26.2 Å². The summed E-state index contributed by atoms with van der Waals surface area (Å²) in [7, 11) is 0. The van der Waals surface area contributed by atoms with Crippen molar-refractivity contribution in [2.45, 2.75) is 39.7 Å². The predicted octanol–water partition coefficient (Wildman–Crippen LogP) is 4.37. The molecule has 0 aromatic heterocycles. The Hall–Kier alpha value is -2.56. The highest BCUT2D eigenvalue weighted by Gasteiger charge is 2.27. The van der Waals surface area contributed by atoms with E-state index in [4.69, 9.17) is 4.74 Å². The Balaban J connectivity index is 1.62. The first-order chi connectivity index (χ1) is 13.4. The van der Waals surface area contributed by atoms with Crippen molar-refractivity contribution in [3.8, 4) is 5.75 Å². The molecule has 0 aliphatic carbocycles. The maximum Gasteiger partial charge on any atom is 0.263 e. The lowest BCUT2D eigenvalue weighted by Crippen LogP contribution is -2.52. The van der Waals surface area contributed by atoms with E-state index in [-0.39, 0.29) is 11.7 Å². The number of anilines is 1. The van der Waals surface area contributed by atoms with Gasteiger partial charge in [0.2, 0.25) is 0 Å². The second kappa shape index (κ2) is 8.63. The first-order valence-electron chi connectivity index (χ1n) is 9.92. The number of halogens is 1. The van der Waals surface area contributed by atoms with E-state index < -0.39 is 6.10 Å². The molecule has 1 aliphatic rings. The van der Waals surface area contributed by atoms with Gasteiger partial charge in [-0.3, -0.25) is 4.79 Å². The topological polar surface area (TPSA) is 32.8 Å². The number of rotatable bonds is 5. The van der Waals surface area contributed by atoms with Crippen molar-refractivity contribution in [1.29, 1.82) is 0 Å². The van der Waals surface area contributed by atoms with Crippen LogP contribution in [0.3, 0.4) is 0 Å². The molecular formula is C23H29FN2O2. The van der Waals surface area contributed by atoms with Crippen LogP contribution in [-0.2, 0) is 4.79 Å². The highest BCUT2D eigenvalue weighted by Crippen LogP contribution is 2.29. The van der Waals surface area contributed by atoms with Crippen molar-refractivity contribution < 1.29 is 13.9 Å². The minimum Gasteiger partial charge on any atom is -0.481 e. The first-order valence-corrected chi connectivity index (χ1v) is 9.92. The second-order valence-corrected chi connectivity index (χ2v) is 7.72. The number of carbonyl (C=O) groups excluding carboxylic acids is 1. The van der Waals surface area contributed by atoms with Gasteiger partial charge in [0.25, 0.3) is 5.91 Å².